The van der Waals surface area contributed by atoms with Gasteiger partial charge in [0, 0.05) is 11.6 Å². The van der Waals surface area contributed by atoms with Gasteiger partial charge in [0.1, 0.15) is 24.7 Å². The maximum Gasteiger partial charge on any atom is 0.225 e. The molecule has 4 heteroatoms. The van der Waals surface area contributed by atoms with Gasteiger partial charge in [-0.3, -0.25) is 9.59 Å². The van der Waals surface area contributed by atoms with E-state index in [2.05, 4.69) is 0 Å². The highest BCUT2D eigenvalue weighted by Crippen LogP contribution is 2.25. The highest BCUT2D eigenvalue weighted by molar-refractivity contribution is 6.33. The molecule has 26 heavy (non-hydrogen) atoms. The highest BCUT2D eigenvalue weighted by Gasteiger charge is 2.10. The largest absolute Gasteiger partial charge is 0.489 e. The Morgan fingerprint density at radius 2 is 1.19 bits per heavy atom. The quantitative estimate of drug-likeness (QED) is 0.348. The molecule has 4 nitrogen and oxygen atoms in total. The number of ketones is 1. The van der Waals surface area contributed by atoms with Gasteiger partial charge in [0.15, 0.2) is 6.29 Å². The van der Waals surface area contributed by atoms with Crippen molar-refractivity contribution in [1.29, 1.82) is 0 Å². The molecule has 0 N–H and O–H groups in total. The molecule has 0 bridgehead atoms. The van der Waals surface area contributed by atoms with Crippen molar-refractivity contribution >= 4 is 12.1 Å². The molecular formula is C22H18O4. The Labute approximate surface area is 152 Å². The Morgan fingerprint density at radius 3 is 1.62 bits per heavy atom. The molecule has 0 aliphatic rings. The van der Waals surface area contributed by atoms with Crippen molar-refractivity contribution < 1.29 is 19.1 Å². The summed E-state index contributed by atoms with van der Waals surface area (Å²) in [6, 6.07) is 24.2. The summed E-state index contributed by atoms with van der Waals surface area (Å²) in [6.07, 6.45) is 0.289. The summed E-state index contributed by atoms with van der Waals surface area (Å²) in [5, 5.41) is 0. The average Bonchev–Trinajstić information content (AvgIpc) is 2.71. The molecular weight excluding hydrogens is 328 g/mol. The third-order valence-electron chi connectivity index (χ3n) is 3.77. The fourth-order valence-electron chi connectivity index (χ4n) is 2.43. The summed E-state index contributed by atoms with van der Waals surface area (Å²) in [7, 11) is 0. The first-order valence-electron chi connectivity index (χ1n) is 8.22. The summed E-state index contributed by atoms with van der Waals surface area (Å²) in [4.78, 5) is 22.6. The van der Waals surface area contributed by atoms with Crippen molar-refractivity contribution in [1.82, 2.24) is 0 Å². The molecule has 3 aromatic rings. The predicted octanol–water partition coefficient (Wildman–Crippen LogP) is 4.23. The standard InChI is InChI=1S/C22H18O4/c23-14-22(24)19-11-20(25-15-17-7-3-1-4-8-17)13-21(12-19)26-16-18-9-5-2-6-10-18/h1-14H,15-16H2. The Balaban J connectivity index is 1.77. The SMILES string of the molecule is O=CC(=O)c1cc(OCc2ccccc2)cc(OCc2ccccc2)c1. The van der Waals surface area contributed by atoms with E-state index in [1.54, 1.807) is 18.2 Å². The minimum absolute atomic E-state index is 0.244. The molecule has 0 saturated carbocycles. The van der Waals surface area contributed by atoms with E-state index in [0.29, 0.717) is 24.7 Å². The second-order valence-corrected chi connectivity index (χ2v) is 5.72. The zero-order chi connectivity index (χ0) is 18.2. The van der Waals surface area contributed by atoms with Gasteiger partial charge < -0.3 is 9.47 Å². The third-order valence-corrected chi connectivity index (χ3v) is 3.77. The summed E-state index contributed by atoms with van der Waals surface area (Å²) >= 11 is 0. The van der Waals surface area contributed by atoms with Gasteiger partial charge in [-0.1, -0.05) is 60.7 Å². The maximum absolute atomic E-state index is 11.8. The average molecular weight is 346 g/mol. The van der Waals surface area contributed by atoms with Crippen LogP contribution in [0.4, 0.5) is 0 Å². The number of aldehydes is 1. The molecule has 0 aromatic heterocycles. The number of hydrogen-bond donors (Lipinski definition) is 0. The molecule has 3 rings (SSSR count). The minimum atomic E-state index is -0.611. The molecule has 0 aliphatic carbocycles. The first-order valence-corrected chi connectivity index (χ1v) is 8.22. The lowest BCUT2D eigenvalue weighted by Gasteiger charge is -2.11. The molecule has 0 atom stereocenters. The van der Waals surface area contributed by atoms with E-state index >= 15 is 0 Å². The summed E-state index contributed by atoms with van der Waals surface area (Å²) in [6.45, 7) is 0.718. The summed E-state index contributed by atoms with van der Waals surface area (Å²) < 4.78 is 11.5. The molecule has 0 amide bonds. The third kappa shape index (κ3) is 4.80. The Kier molecular flexibility index (Phi) is 5.78. The van der Waals surface area contributed by atoms with Crippen molar-refractivity contribution in [2.75, 3.05) is 0 Å². The number of carbonyl (C=O) groups excluding carboxylic acids is 2. The van der Waals surface area contributed by atoms with Crippen LogP contribution >= 0.6 is 0 Å². The Bertz CT molecular complexity index is 811. The fraction of sp³-hybridized carbons (Fsp3) is 0.0909. The van der Waals surface area contributed by atoms with Crippen LogP contribution in [-0.4, -0.2) is 12.1 Å². The van der Waals surface area contributed by atoms with Gasteiger partial charge in [0.25, 0.3) is 0 Å². The summed E-state index contributed by atoms with van der Waals surface area (Å²) in [5.41, 5.74) is 2.26. The Hall–Kier alpha value is -3.40. The first kappa shape index (κ1) is 17.4. The molecule has 0 heterocycles. The van der Waals surface area contributed by atoms with Crippen LogP contribution in [0.15, 0.2) is 78.9 Å². The molecule has 0 aliphatic heterocycles. The van der Waals surface area contributed by atoms with Gasteiger partial charge in [-0.2, -0.15) is 0 Å². The van der Waals surface area contributed by atoms with Crippen LogP contribution in [0.2, 0.25) is 0 Å². The summed E-state index contributed by atoms with van der Waals surface area (Å²) in [5.74, 6) is 0.342. The van der Waals surface area contributed by atoms with E-state index in [0.717, 1.165) is 11.1 Å². The van der Waals surface area contributed by atoms with Gasteiger partial charge in [-0.15, -0.1) is 0 Å². The second-order valence-electron chi connectivity index (χ2n) is 5.72. The van der Waals surface area contributed by atoms with Crippen LogP contribution in [0.1, 0.15) is 21.5 Å². The molecule has 0 spiro atoms. The molecule has 0 radical (unpaired) electrons. The molecule has 3 aromatic carbocycles. The lowest BCUT2D eigenvalue weighted by molar-refractivity contribution is -0.104. The van der Waals surface area contributed by atoms with Crippen molar-refractivity contribution in [3.63, 3.8) is 0 Å². The van der Waals surface area contributed by atoms with E-state index in [9.17, 15) is 9.59 Å². The smallest absolute Gasteiger partial charge is 0.225 e. The van der Waals surface area contributed by atoms with Crippen LogP contribution in [0, 0.1) is 0 Å². The van der Waals surface area contributed by atoms with Crippen LogP contribution < -0.4 is 9.47 Å². The van der Waals surface area contributed by atoms with Crippen LogP contribution in [0.3, 0.4) is 0 Å². The lowest BCUT2D eigenvalue weighted by atomic mass is 10.1. The zero-order valence-electron chi connectivity index (χ0n) is 14.1. The first-order chi connectivity index (χ1) is 12.7. The molecule has 130 valence electrons. The molecule has 0 saturated heterocycles. The van der Waals surface area contributed by atoms with Gasteiger partial charge in [0.05, 0.1) is 0 Å². The van der Waals surface area contributed by atoms with Gasteiger partial charge in [-0.25, -0.2) is 0 Å². The number of rotatable bonds is 8. The fourth-order valence-corrected chi connectivity index (χ4v) is 2.43. The number of Topliss-reactive ketones (excluding diaryl/α,β-unsaturated/α-hetero) is 1. The van der Waals surface area contributed by atoms with Gasteiger partial charge >= 0.3 is 0 Å². The molecule has 0 fully saturated rings. The lowest BCUT2D eigenvalue weighted by Crippen LogP contribution is -2.03. The number of hydrogen-bond acceptors (Lipinski definition) is 4. The normalized spacial score (nSPS) is 10.2. The topological polar surface area (TPSA) is 52.6 Å². The maximum atomic E-state index is 11.8. The van der Waals surface area contributed by atoms with E-state index in [1.165, 1.54) is 0 Å². The van der Waals surface area contributed by atoms with Gasteiger partial charge in [-0.05, 0) is 23.3 Å². The number of ether oxygens (including phenoxy) is 2. The van der Waals surface area contributed by atoms with Gasteiger partial charge in [0.2, 0.25) is 5.78 Å². The minimum Gasteiger partial charge on any atom is -0.489 e. The Morgan fingerprint density at radius 1 is 0.731 bits per heavy atom. The zero-order valence-corrected chi connectivity index (χ0v) is 14.1. The second kappa shape index (κ2) is 8.62. The number of benzene rings is 3. The van der Waals surface area contributed by atoms with Crippen LogP contribution in [-0.2, 0) is 18.0 Å². The van der Waals surface area contributed by atoms with E-state index in [-0.39, 0.29) is 11.8 Å². The van der Waals surface area contributed by atoms with E-state index in [4.69, 9.17) is 9.47 Å². The van der Waals surface area contributed by atoms with Crippen molar-refractivity contribution in [2.24, 2.45) is 0 Å². The predicted molar refractivity (Wildman–Crippen MR) is 98.4 cm³/mol. The van der Waals surface area contributed by atoms with Crippen molar-refractivity contribution in [2.45, 2.75) is 13.2 Å². The van der Waals surface area contributed by atoms with E-state index < -0.39 is 5.78 Å². The van der Waals surface area contributed by atoms with E-state index in [1.807, 2.05) is 60.7 Å². The highest BCUT2D eigenvalue weighted by atomic mass is 16.5. The monoisotopic (exact) mass is 346 g/mol. The van der Waals surface area contributed by atoms with Crippen LogP contribution in [0.5, 0.6) is 11.5 Å². The number of carbonyl (C=O) groups is 2. The van der Waals surface area contributed by atoms with Crippen molar-refractivity contribution in [3.05, 3.63) is 95.6 Å². The molecule has 0 unspecified atom stereocenters. The van der Waals surface area contributed by atoms with Crippen LogP contribution in [0.25, 0.3) is 0 Å². The van der Waals surface area contributed by atoms with Crippen molar-refractivity contribution in [3.8, 4) is 11.5 Å².